The summed E-state index contributed by atoms with van der Waals surface area (Å²) in [7, 11) is 3.62. The summed E-state index contributed by atoms with van der Waals surface area (Å²) < 4.78 is 6.62. The molecule has 12 heteroatoms. The normalized spacial score (nSPS) is 16.2. The number of esters is 1. The third-order valence-electron chi connectivity index (χ3n) is 6.58. The van der Waals surface area contributed by atoms with Gasteiger partial charge in [-0.2, -0.15) is 0 Å². The molecule has 2 rings (SSSR count). The van der Waals surface area contributed by atoms with Crippen LogP contribution in [0.5, 0.6) is 0 Å². The van der Waals surface area contributed by atoms with Crippen LogP contribution in [0.1, 0.15) is 39.2 Å². The zero-order valence-corrected chi connectivity index (χ0v) is 23.0. The molecule has 1 unspecified atom stereocenters. The Labute approximate surface area is 221 Å². The van der Waals surface area contributed by atoms with Gasteiger partial charge in [0.1, 0.15) is 23.0 Å². The Balaban J connectivity index is 2.31. The van der Waals surface area contributed by atoms with Gasteiger partial charge in [-0.05, 0) is 44.9 Å². The Morgan fingerprint density at radius 2 is 1.81 bits per heavy atom. The molecule has 1 aliphatic rings. The highest BCUT2D eigenvalue weighted by atomic mass is 32.2. The van der Waals surface area contributed by atoms with E-state index in [0.29, 0.717) is 20.1 Å². The van der Waals surface area contributed by atoms with Crippen LogP contribution in [-0.4, -0.2) is 81.1 Å². The molecule has 0 saturated carbocycles. The number of β-lactam (4-membered cyclic amide) rings is 1. The van der Waals surface area contributed by atoms with Crippen molar-refractivity contribution in [2.45, 2.75) is 46.4 Å². The van der Waals surface area contributed by atoms with Crippen LogP contribution in [0.15, 0.2) is 35.7 Å². The van der Waals surface area contributed by atoms with Crippen LogP contribution in [-0.2, 0) is 20.9 Å². The molecular weight excluding hydrogens is 504 g/mol. The average Bonchev–Trinajstić information content (AvgIpc) is 2.86. The van der Waals surface area contributed by atoms with Gasteiger partial charge < -0.3 is 19.2 Å². The van der Waals surface area contributed by atoms with Gasteiger partial charge in [0.2, 0.25) is 5.91 Å². The maximum Gasteiger partial charge on any atom is 0.354 e. The number of hydrogen-bond donors (Lipinski definition) is 0. The van der Waals surface area contributed by atoms with E-state index in [1.165, 1.54) is 40.9 Å². The molecule has 1 amide bonds. The predicted molar refractivity (Wildman–Crippen MR) is 140 cm³/mol. The second-order valence-electron chi connectivity index (χ2n) is 8.65. The highest BCUT2D eigenvalue weighted by Gasteiger charge is 2.52. The van der Waals surface area contributed by atoms with Crippen LogP contribution in [0, 0.1) is 10.1 Å². The van der Waals surface area contributed by atoms with Gasteiger partial charge in [-0.15, -0.1) is 0 Å². The highest BCUT2D eigenvalue weighted by molar-refractivity contribution is 8.22. The number of quaternary nitrogens is 1. The lowest BCUT2D eigenvalue weighted by Crippen LogP contribution is -2.70. The number of non-ortho nitro benzene ring substituents is 1. The molecule has 0 spiro atoms. The Hall–Kier alpha value is -2.70. The second-order valence-corrected chi connectivity index (χ2v) is 10.4. The average molecular weight is 539 g/mol. The van der Waals surface area contributed by atoms with Crippen molar-refractivity contribution in [2.24, 2.45) is 0 Å². The Kier molecular flexibility index (Phi) is 10.7. The van der Waals surface area contributed by atoms with Gasteiger partial charge in [0.15, 0.2) is 6.17 Å². The number of rotatable bonds is 12. The number of hydrogen-bond acceptors (Lipinski definition) is 8. The summed E-state index contributed by atoms with van der Waals surface area (Å²) in [6.07, 6.45) is -0.0537. The van der Waals surface area contributed by atoms with Crippen LogP contribution >= 0.6 is 24.0 Å². The Morgan fingerprint density at radius 3 is 2.28 bits per heavy atom. The van der Waals surface area contributed by atoms with Crippen molar-refractivity contribution in [3.05, 3.63) is 51.4 Å². The predicted octanol–water partition coefficient (Wildman–Crippen LogP) is 2.61. The number of ether oxygens (including phenoxy) is 1. The van der Waals surface area contributed by atoms with E-state index in [0.717, 1.165) is 19.6 Å². The fraction of sp³-hybridized carbons (Fsp3) is 0.542. The number of thioether (sulfide) groups is 1. The van der Waals surface area contributed by atoms with Crippen molar-refractivity contribution in [3.63, 3.8) is 0 Å². The quantitative estimate of drug-likeness (QED) is 0.0579. The van der Waals surface area contributed by atoms with E-state index in [1.54, 1.807) is 4.90 Å². The number of nitrogens with zero attached hydrogens (tertiary/aromatic N) is 4. The second kappa shape index (κ2) is 13.0. The van der Waals surface area contributed by atoms with Crippen molar-refractivity contribution in [1.82, 2.24) is 9.80 Å². The van der Waals surface area contributed by atoms with Crippen molar-refractivity contribution < 1.29 is 28.8 Å². The fourth-order valence-electron chi connectivity index (χ4n) is 4.17. The summed E-state index contributed by atoms with van der Waals surface area (Å²) in [6, 6.07) is 5.59. The number of nitro benzene ring substituents is 1. The van der Waals surface area contributed by atoms with Gasteiger partial charge in [-0.1, -0.05) is 29.7 Å². The number of nitro groups is 1. The van der Waals surface area contributed by atoms with E-state index in [9.17, 15) is 24.8 Å². The van der Waals surface area contributed by atoms with E-state index in [4.69, 9.17) is 17.0 Å². The van der Waals surface area contributed by atoms with Crippen LogP contribution in [0.4, 0.5) is 5.69 Å². The molecule has 1 aliphatic heterocycles. The van der Waals surface area contributed by atoms with Crippen LogP contribution in [0.25, 0.3) is 0 Å². The van der Waals surface area contributed by atoms with Crippen molar-refractivity contribution in [2.75, 3.05) is 39.5 Å². The highest BCUT2D eigenvalue weighted by Crippen LogP contribution is 2.34. The third kappa shape index (κ3) is 6.74. The van der Waals surface area contributed by atoms with Gasteiger partial charge in [0.05, 0.1) is 24.6 Å². The van der Waals surface area contributed by atoms with Gasteiger partial charge in [0.25, 0.3) is 5.69 Å². The number of carbonyl (C=O) groups excluding carboxylic acids is 2. The molecule has 0 aliphatic carbocycles. The maximum atomic E-state index is 13.3. The summed E-state index contributed by atoms with van der Waals surface area (Å²) in [5.74, 6) is -1.28. The standard InChI is InChI=1S/C24H34N4O6S2/c1-6-28(7-2,8-3)20-15-21(30)26(20)22(19(29)13-14-36-24(35)25(4)5)23(31)34-16-17-9-11-18(12-10-17)27(32)33/h9-12,20H,6-8,13-16H2,1-5H3. The monoisotopic (exact) mass is 538 g/mol. The van der Waals surface area contributed by atoms with Gasteiger partial charge in [0, 0.05) is 32.0 Å². The van der Waals surface area contributed by atoms with E-state index in [-0.39, 0.29) is 42.9 Å². The van der Waals surface area contributed by atoms with Gasteiger partial charge in [-0.3, -0.25) is 19.8 Å². The van der Waals surface area contributed by atoms with Crippen molar-refractivity contribution in [1.29, 1.82) is 0 Å². The molecule has 10 nitrogen and oxygen atoms in total. The minimum atomic E-state index is -0.877. The molecule has 1 aromatic carbocycles. The van der Waals surface area contributed by atoms with E-state index >= 15 is 0 Å². The minimum absolute atomic E-state index is 0.0154. The summed E-state index contributed by atoms with van der Waals surface area (Å²) >= 11 is 6.58. The lowest BCUT2D eigenvalue weighted by Gasteiger charge is -2.53. The minimum Gasteiger partial charge on any atom is -0.874 e. The third-order valence-corrected chi connectivity index (χ3v) is 8.32. The number of thiocarbonyl (C=S) groups is 1. The van der Waals surface area contributed by atoms with Crippen molar-refractivity contribution >= 4 is 45.9 Å². The molecule has 0 radical (unpaired) electrons. The Bertz CT molecular complexity index is 1000. The van der Waals surface area contributed by atoms with Crippen LogP contribution < -0.4 is 5.11 Å². The first-order valence-electron chi connectivity index (χ1n) is 11.8. The topological polar surface area (TPSA) is 116 Å². The summed E-state index contributed by atoms with van der Waals surface area (Å²) in [4.78, 5) is 39.4. The van der Waals surface area contributed by atoms with Gasteiger partial charge in [-0.25, -0.2) is 4.79 Å². The molecule has 198 valence electrons. The fourth-order valence-corrected chi connectivity index (χ4v) is 5.14. The van der Waals surface area contributed by atoms with E-state index in [1.807, 2.05) is 34.9 Å². The summed E-state index contributed by atoms with van der Waals surface area (Å²) in [5.41, 5.74) is 0.190. The smallest absolute Gasteiger partial charge is 0.354 e. The SMILES string of the molecule is CC[N+](CC)(CC)C1CC(=O)N1C(C(=O)OCc1ccc([N+](=O)[O-])cc1)=C([O-])CCSC(=S)N(C)C. The molecule has 36 heavy (non-hydrogen) atoms. The molecular formula is C24H34N4O6S2. The van der Waals surface area contributed by atoms with E-state index in [2.05, 4.69) is 0 Å². The molecule has 1 fully saturated rings. The molecule has 0 bridgehead atoms. The molecule has 1 atom stereocenters. The molecule has 1 heterocycles. The number of benzene rings is 1. The van der Waals surface area contributed by atoms with E-state index < -0.39 is 16.7 Å². The zero-order valence-electron chi connectivity index (χ0n) is 21.4. The lowest BCUT2D eigenvalue weighted by atomic mass is 10.0. The van der Waals surface area contributed by atoms with Crippen LogP contribution in [0.2, 0.25) is 0 Å². The largest absolute Gasteiger partial charge is 0.874 e. The Morgan fingerprint density at radius 1 is 1.22 bits per heavy atom. The molecule has 1 saturated heterocycles. The lowest BCUT2D eigenvalue weighted by molar-refractivity contribution is -0.958. The number of amides is 1. The maximum absolute atomic E-state index is 13.3. The first-order chi connectivity index (χ1) is 17.0. The summed E-state index contributed by atoms with van der Waals surface area (Å²) in [5, 5.41) is 24.2. The number of allylic oxidation sites excluding steroid dienone is 1. The first-order valence-corrected chi connectivity index (χ1v) is 13.2. The summed E-state index contributed by atoms with van der Waals surface area (Å²) in [6.45, 7) is 8.13. The molecule has 0 N–H and O–H groups in total. The number of carbonyl (C=O) groups is 2. The zero-order chi connectivity index (χ0) is 27.0. The molecule has 0 aromatic heterocycles. The van der Waals surface area contributed by atoms with Crippen LogP contribution in [0.3, 0.4) is 0 Å². The molecule has 1 aromatic rings. The van der Waals surface area contributed by atoms with Gasteiger partial charge >= 0.3 is 5.97 Å². The first kappa shape index (κ1) is 29.5. The number of likely N-dealkylation sites (tertiary alicyclic amines) is 1. The van der Waals surface area contributed by atoms with Crippen molar-refractivity contribution in [3.8, 4) is 0 Å².